The maximum absolute atomic E-state index is 12.8. The number of methoxy groups -OCH3 is 1. The van der Waals surface area contributed by atoms with Gasteiger partial charge >= 0.3 is 5.97 Å². The van der Waals surface area contributed by atoms with Gasteiger partial charge in [-0.25, -0.2) is 4.79 Å². The van der Waals surface area contributed by atoms with Crippen LogP contribution in [0.15, 0.2) is 23.0 Å². The summed E-state index contributed by atoms with van der Waals surface area (Å²) in [5.41, 5.74) is 3.51. The van der Waals surface area contributed by atoms with Gasteiger partial charge in [0.2, 0.25) is 0 Å². The molecule has 0 aliphatic carbocycles. The first kappa shape index (κ1) is 18.2. The monoisotopic (exact) mass is 329 g/mol. The second-order valence-electron chi connectivity index (χ2n) is 6.25. The fourth-order valence-electron chi connectivity index (χ4n) is 3.17. The van der Waals surface area contributed by atoms with Crippen molar-refractivity contribution in [3.05, 3.63) is 45.2 Å². The number of aryl methyl sites for hydroxylation is 2. The quantitative estimate of drug-likeness (QED) is 0.721. The number of hydrogen-bond donors (Lipinski definition) is 0. The second-order valence-corrected chi connectivity index (χ2v) is 6.25. The van der Waals surface area contributed by atoms with Gasteiger partial charge in [0, 0.05) is 18.0 Å². The maximum atomic E-state index is 12.8. The van der Waals surface area contributed by atoms with E-state index in [4.69, 9.17) is 4.74 Å². The SMILES string of the molecule is CCCCc1c(CCCC)c2cc(C(=O)OC)ccc2n(C)c1=O. The van der Waals surface area contributed by atoms with Gasteiger partial charge < -0.3 is 9.30 Å². The zero-order chi connectivity index (χ0) is 17.7. The fourth-order valence-corrected chi connectivity index (χ4v) is 3.17. The molecule has 1 heterocycles. The van der Waals surface area contributed by atoms with Crippen molar-refractivity contribution in [2.45, 2.75) is 52.4 Å². The Bertz CT molecular complexity index is 790. The third kappa shape index (κ3) is 3.53. The largest absolute Gasteiger partial charge is 0.465 e. The summed E-state index contributed by atoms with van der Waals surface area (Å²) in [6.45, 7) is 4.28. The van der Waals surface area contributed by atoms with E-state index in [9.17, 15) is 9.59 Å². The van der Waals surface area contributed by atoms with Crippen molar-refractivity contribution in [1.82, 2.24) is 4.57 Å². The standard InChI is InChI=1S/C20H27NO3/c1-5-7-9-15-16(10-8-6-2)19(22)21(3)18-12-11-14(13-17(15)18)20(23)24-4/h11-13H,5-10H2,1-4H3. The molecule has 0 aliphatic heterocycles. The van der Waals surface area contributed by atoms with Gasteiger partial charge in [0.1, 0.15) is 0 Å². The molecule has 1 aromatic carbocycles. The van der Waals surface area contributed by atoms with Crippen molar-refractivity contribution in [2.75, 3.05) is 7.11 Å². The van der Waals surface area contributed by atoms with E-state index < -0.39 is 0 Å². The van der Waals surface area contributed by atoms with Crippen LogP contribution in [0.5, 0.6) is 0 Å². The van der Waals surface area contributed by atoms with Gasteiger partial charge in [-0.2, -0.15) is 0 Å². The molecule has 0 saturated carbocycles. The van der Waals surface area contributed by atoms with Crippen LogP contribution in [0.1, 0.15) is 61.0 Å². The summed E-state index contributed by atoms with van der Waals surface area (Å²) in [7, 11) is 3.19. The van der Waals surface area contributed by atoms with Crippen LogP contribution in [0.25, 0.3) is 10.9 Å². The summed E-state index contributed by atoms with van der Waals surface area (Å²) in [5, 5.41) is 1.000. The molecule has 0 unspecified atom stereocenters. The normalized spacial score (nSPS) is 11.0. The Labute approximate surface area is 143 Å². The van der Waals surface area contributed by atoms with Crippen molar-refractivity contribution in [1.29, 1.82) is 0 Å². The zero-order valence-electron chi connectivity index (χ0n) is 15.1. The molecule has 0 saturated heterocycles. The molecule has 2 aromatic rings. The Morgan fingerprint density at radius 1 is 1.08 bits per heavy atom. The number of benzene rings is 1. The van der Waals surface area contributed by atoms with E-state index >= 15 is 0 Å². The number of nitrogens with zero attached hydrogens (tertiary/aromatic N) is 1. The molecule has 4 nitrogen and oxygen atoms in total. The predicted molar refractivity (Wildman–Crippen MR) is 97.8 cm³/mol. The van der Waals surface area contributed by atoms with Crippen LogP contribution < -0.4 is 5.56 Å². The summed E-state index contributed by atoms with van der Waals surface area (Å²) in [6.07, 6.45) is 5.81. The number of pyridine rings is 1. The van der Waals surface area contributed by atoms with Crippen molar-refractivity contribution < 1.29 is 9.53 Å². The number of carbonyl (C=O) groups is 1. The van der Waals surface area contributed by atoms with Gasteiger partial charge in [-0.3, -0.25) is 4.79 Å². The van der Waals surface area contributed by atoms with E-state index in [1.807, 2.05) is 19.2 Å². The van der Waals surface area contributed by atoms with E-state index in [0.29, 0.717) is 5.56 Å². The highest BCUT2D eigenvalue weighted by Gasteiger charge is 2.16. The van der Waals surface area contributed by atoms with E-state index in [1.165, 1.54) is 7.11 Å². The van der Waals surface area contributed by atoms with Gasteiger partial charge in [0.05, 0.1) is 18.2 Å². The highest BCUT2D eigenvalue weighted by atomic mass is 16.5. The van der Waals surface area contributed by atoms with Gasteiger partial charge in [0.25, 0.3) is 5.56 Å². The minimum absolute atomic E-state index is 0.0906. The smallest absolute Gasteiger partial charge is 0.337 e. The van der Waals surface area contributed by atoms with Crippen molar-refractivity contribution in [3.8, 4) is 0 Å². The van der Waals surface area contributed by atoms with Gasteiger partial charge in [-0.1, -0.05) is 26.7 Å². The molecule has 0 N–H and O–H groups in total. The maximum Gasteiger partial charge on any atom is 0.337 e. The third-order valence-electron chi connectivity index (χ3n) is 4.59. The topological polar surface area (TPSA) is 48.3 Å². The molecule has 2 rings (SSSR count). The molecule has 0 atom stereocenters. The van der Waals surface area contributed by atoms with Gasteiger partial charge in [-0.15, -0.1) is 0 Å². The lowest BCUT2D eigenvalue weighted by Crippen LogP contribution is -2.24. The minimum Gasteiger partial charge on any atom is -0.465 e. The van der Waals surface area contributed by atoms with Gasteiger partial charge in [0.15, 0.2) is 0 Å². The first-order valence-corrected chi connectivity index (χ1v) is 8.77. The predicted octanol–water partition coefficient (Wildman–Crippen LogP) is 4.01. The Morgan fingerprint density at radius 2 is 1.71 bits per heavy atom. The summed E-state index contributed by atoms with van der Waals surface area (Å²) >= 11 is 0. The summed E-state index contributed by atoms with van der Waals surface area (Å²) in [6, 6.07) is 5.45. The van der Waals surface area contributed by atoms with Crippen LogP contribution >= 0.6 is 0 Å². The number of carbonyl (C=O) groups excluding carboxylic acids is 1. The Morgan fingerprint density at radius 3 is 2.29 bits per heavy atom. The average Bonchev–Trinajstić information content (AvgIpc) is 2.61. The molecule has 0 radical (unpaired) electrons. The molecule has 0 bridgehead atoms. The van der Waals surface area contributed by atoms with Crippen LogP contribution in [-0.2, 0) is 24.6 Å². The summed E-state index contributed by atoms with van der Waals surface area (Å²) < 4.78 is 6.55. The lowest BCUT2D eigenvalue weighted by atomic mass is 9.94. The van der Waals surface area contributed by atoms with Crippen molar-refractivity contribution in [3.63, 3.8) is 0 Å². The highest BCUT2D eigenvalue weighted by molar-refractivity contribution is 5.95. The molecule has 0 amide bonds. The third-order valence-corrected chi connectivity index (χ3v) is 4.59. The highest BCUT2D eigenvalue weighted by Crippen LogP contribution is 2.24. The second kappa shape index (κ2) is 8.13. The van der Waals surface area contributed by atoms with Crippen LogP contribution in [0.4, 0.5) is 0 Å². The van der Waals surface area contributed by atoms with Gasteiger partial charge in [-0.05, 0) is 49.4 Å². The fraction of sp³-hybridized carbons (Fsp3) is 0.500. The molecule has 0 aliphatic rings. The van der Waals surface area contributed by atoms with Crippen molar-refractivity contribution >= 4 is 16.9 Å². The number of aromatic nitrogens is 1. The number of rotatable bonds is 7. The van der Waals surface area contributed by atoms with Crippen LogP contribution in [-0.4, -0.2) is 17.6 Å². The van der Waals surface area contributed by atoms with E-state index in [1.54, 1.807) is 10.6 Å². The van der Waals surface area contributed by atoms with E-state index in [2.05, 4.69) is 13.8 Å². The van der Waals surface area contributed by atoms with E-state index in [0.717, 1.165) is 60.6 Å². The number of ether oxygens (including phenoxy) is 1. The van der Waals surface area contributed by atoms with E-state index in [-0.39, 0.29) is 11.5 Å². The summed E-state index contributed by atoms with van der Waals surface area (Å²) in [4.78, 5) is 24.7. The Hall–Kier alpha value is -2.10. The number of unbranched alkanes of at least 4 members (excludes halogenated alkanes) is 2. The molecule has 1 aromatic heterocycles. The Balaban J connectivity index is 2.74. The first-order chi connectivity index (χ1) is 11.5. The van der Waals surface area contributed by atoms with Crippen LogP contribution in [0, 0.1) is 0 Å². The summed E-state index contributed by atoms with van der Waals surface area (Å²) in [5.74, 6) is -0.345. The molecule has 130 valence electrons. The number of fused-ring (bicyclic) bond motifs is 1. The van der Waals surface area contributed by atoms with Crippen LogP contribution in [0.3, 0.4) is 0 Å². The Kier molecular flexibility index (Phi) is 6.18. The van der Waals surface area contributed by atoms with Crippen LogP contribution in [0.2, 0.25) is 0 Å². The molecule has 0 spiro atoms. The molecular weight excluding hydrogens is 302 g/mol. The minimum atomic E-state index is -0.345. The molecular formula is C20H27NO3. The lowest BCUT2D eigenvalue weighted by molar-refractivity contribution is 0.0601. The molecule has 24 heavy (non-hydrogen) atoms. The molecule has 0 fully saturated rings. The molecule has 4 heteroatoms. The number of hydrogen-bond acceptors (Lipinski definition) is 3. The average molecular weight is 329 g/mol. The number of esters is 1. The zero-order valence-corrected chi connectivity index (χ0v) is 15.1. The lowest BCUT2D eigenvalue weighted by Gasteiger charge is -2.16. The first-order valence-electron chi connectivity index (χ1n) is 8.77. The van der Waals surface area contributed by atoms with Crippen molar-refractivity contribution in [2.24, 2.45) is 7.05 Å².